The zero-order valence-corrected chi connectivity index (χ0v) is 17.5. The molecule has 12 nitrogen and oxygen atoms in total. The Bertz CT molecular complexity index is 1300. The fourth-order valence-corrected chi connectivity index (χ4v) is 4.76. The SMILES string of the molecule is N#CC(c1ccc(-n2cc(-c3ccnc(N)c3[N+](=O)[O-])cn2)nc1)N1CCS(=O)(=O)CC1. The molecule has 2 N–H and O–H groups in total. The van der Waals surface area contributed by atoms with Gasteiger partial charge in [-0.25, -0.2) is 23.1 Å². The average Bonchev–Trinajstić information content (AvgIpc) is 3.25. The Morgan fingerprint density at radius 3 is 2.56 bits per heavy atom. The van der Waals surface area contributed by atoms with Crippen molar-refractivity contribution in [3.05, 3.63) is 58.7 Å². The van der Waals surface area contributed by atoms with Gasteiger partial charge in [0.05, 0.1) is 34.3 Å². The monoisotopic (exact) mass is 454 g/mol. The standard InChI is InChI=1S/C19H18N8O4S/c20-9-16(25-5-7-32(30,31)8-6-25)13-1-2-17(23-10-13)26-12-14(11-24-26)15-3-4-22-19(21)18(15)27(28)29/h1-4,10-12,16H,5-8H2,(H2,21,22). The second kappa shape index (κ2) is 8.33. The van der Waals surface area contributed by atoms with Crippen molar-refractivity contribution < 1.29 is 13.3 Å². The van der Waals surface area contributed by atoms with Crippen LogP contribution in [0, 0.1) is 21.4 Å². The van der Waals surface area contributed by atoms with Crippen molar-refractivity contribution >= 4 is 21.3 Å². The minimum Gasteiger partial charge on any atom is -0.378 e. The number of hydrogen-bond acceptors (Lipinski definition) is 10. The molecule has 1 aliphatic rings. The fourth-order valence-electron chi connectivity index (χ4n) is 3.53. The fraction of sp³-hybridized carbons (Fsp3) is 0.263. The minimum atomic E-state index is -3.05. The number of rotatable bonds is 5. The number of sulfone groups is 1. The zero-order valence-electron chi connectivity index (χ0n) is 16.7. The van der Waals surface area contributed by atoms with Gasteiger partial charge >= 0.3 is 5.69 Å². The highest BCUT2D eigenvalue weighted by molar-refractivity contribution is 7.91. The maximum Gasteiger partial charge on any atom is 0.319 e. The van der Waals surface area contributed by atoms with Gasteiger partial charge in [-0.15, -0.1) is 0 Å². The third-order valence-electron chi connectivity index (χ3n) is 5.22. The van der Waals surface area contributed by atoms with Crippen LogP contribution in [0.5, 0.6) is 0 Å². The molecule has 0 spiro atoms. The van der Waals surface area contributed by atoms with E-state index in [2.05, 4.69) is 21.1 Å². The molecule has 32 heavy (non-hydrogen) atoms. The predicted octanol–water partition coefficient (Wildman–Crippen LogP) is 1.11. The molecule has 0 radical (unpaired) electrons. The summed E-state index contributed by atoms with van der Waals surface area (Å²) < 4.78 is 24.7. The van der Waals surface area contributed by atoms with Gasteiger partial charge in [-0.2, -0.15) is 10.4 Å². The molecule has 3 aromatic rings. The first-order valence-electron chi connectivity index (χ1n) is 9.53. The summed E-state index contributed by atoms with van der Waals surface area (Å²) in [4.78, 5) is 20.7. The number of nitro groups is 1. The van der Waals surface area contributed by atoms with E-state index in [9.17, 15) is 23.8 Å². The van der Waals surface area contributed by atoms with Crippen LogP contribution < -0.4 is 5.73 Å². The van der Waals surface area contributed by atoms with E-state index in [0.29, 0.717) is 30.0 Å². The highest BCUT2D eigenvalue weighted by Crippen LogP contribution is 2.33. The molecule has 1 atom stereocenters. The quantitative estimate of drug-likeness (QED) is 0.434. The molecule has 1 unspecified atom stereocenters. The first-order chi connectivity index (χ1) is 15.3. The van der Waals surface area contributed by atoms with E-state index in [1.165, 1.54) is 23.1 Å². The maximum atomic E-state index is 11.6. The van der Waals surface area contributed by atoms with Crippen molar-refractivity contribution in [1.29, 1.82) is 5.26 Å². The van der Waals surface area contributed by atoms with E-state index in [-0.39, 0.29) is 28.6 Å². The summed E-state index contributed by atoms with van der Waals surface area (Å²) in [6.07, 6.45) is 5.97. The molecular weight excluding hydrogens is 436 g/mol. The Kier molecular flexibility index (Phi) is 5.56. The molecule has 0 saturated carbocycles. The largest absolute Gasteiger partial charge is 0.378 e. The van der Waals surface area contributed by atoms with Crippen molar-refractivity contribution in [3.63, 3.8) is 0 Å². The van der Waals surface area contributed by atoms with Gasteiger partial charge in [-0.3, -0.25) is 15.0 Å². The van der Waals surface area contributed by atoms with Gasteiger partial charge < -0.3 is 5.73 Å². The van der Waals surface area contributed by atoms with Crippen LogP contribution in [0.3, 0.4) is 0 Å². The summed E-state index contributed by atoms with van der Waals surface area (Å²) in [5.74, 6) is 0.315. The van der Waals surface area contributed by atoms with E-state index in [0.717, 1.165) is 0 Å². The second-order valence-corrected chi connectivity index (χ2v) is 9.50. The van der Waals surface area contributed by atoms with Gasteiger partial charge in [0, 0.05) is 42.8 Å². The van der Waals surface area contributed by atoms with Crippen LogP contribution in [0.1, 0.15) is 11.6 Å². The molecule has 0 bridgehead atoms. The zero-order chi connectivity index (χ0) is 22.9. The molecule has 164 valence electrons. The number of hydrogen-bond donors (Lipinski definition) is 1. The number of nitrogens with two attached hydrogens (primary N) is 1. The van der Waals surface area contributed by atoms with E-state index < -0.39 is 20.8 Å². The lowest BCUT2D eigenvalue weighted by Gasteiger charge is -2.30. The molecule has 1 saturated heterocycles. The summed E-state index contributed by atoms with van der Waals surface area (Å²) in [5.41, 5.74) is 6.76. The highest BCUT2D eigenvalue weighted by Gasteiger charge is 2.28. The second-order valence-electron chi connectivity index (χ2n) is 7.19. The van der Waals surface area contributed by atoms with Crippen molar-refractivity contribution in [2.45, 2.75) is 6.04 Å². The van der Waals surface area contributed by atoms with Gasteiger partial charge in [0.25, 0.3) is 0 Å². The van der Waals surface area contributed by atoms with E-state index >= 15 is 0 Å². The van der Waals surface area contributed by atoms with E-state index in [1.807, 2.05) is 4.90 Å². The van der Waals surface area contributed by atoms with Crippen LogP contribution in [0.25, 0.3) is 16.9 Å². The molecule has 3 aromatic heterocycles. The normalized spacial score (nSPS) is 16.8. The summed E-state index contributed by atoms with van der Waals surface area (Å²) in [7, 11) is -3.05. The highest BCUT2D eigenvalue weighted by atomic mass is 32.2. The smallest absolute Gasteiger partial charge is 0.319 e. The van der Waals surface area contributed by atoms with Crippen molar-refractivity contribution in [2.75, 3.05) is 30.3 Å². The predicted molar refractivity (Wildman–Crippen MR) is 114 cm³/mol. The Hall–Kier alpha value is -3.89. The number of nitrogen functional groups attached to an aromatic ring is 1. The summed E-state index contributed by atoms with van der Waals surface area (Å²) in [6, 6.07) is 6.49. The topological polar surface area (TPSA) is 174 Å². The van der Waals surface area contributed by atoms with Gasteiger partial charge in [0.15, 0.2) is 15.7 Å². The first-order valence-corrected chi connectivity index (χ1v) is 11.4. The molecule has 0 aromatic carbocycles. The summed E-state index contributed by atoms with van der Waals surface area (Å²) in [6.45, 7) is 0.581. The number of anilines is 1. The van der Waals surface area contributed by atoms with Crippen LogP contribution in [-0.2, 0) is 9.84 Å². The van der Waals surface area contributed by atoms with Gasteiger partial charge in [-0.05, 0) is 12.1 Å². The van der Waals surface area contributed by atoms with Gasteiger partial charge in [0.1, 0.15) is 6.04 Å². The lowest BCUT2D eigenvalue weighted by atomic mass is 10.1. The lowest BCUT2D eigenvalue weighted by molar-refractivity contribution is -0.383. The lowest BCUT2D eigenvalue weighted by Crippen LogP contribution is -2.42. The number of aromatic nitrogens is 4. The molecule has 13 heteroatoms. The molecular formula is C19H18N8O4S. The average molecular weight is 454 g/mol. The summed E-state index contributed by atoms with van der Waals surface area (Å²) in [5, 5.41) is 25.2. The number of nitriles is 1. The first kappa shape index (κ1) is 21.3. The number of pyridine rings is 2. The van der Waals surface area contributed by atoms with Crippen LogP contribution in [0.2, 0.25) is 0 Å². The Morgan fingerprint density at radius 1 is 1.19 bits per heavy atom. The molecule has 4 rings (SSSR count). The molecule has 0 amide bonds. The van der Waals surface area contributed by atoms with Crippen LogP contribution in [0.4, 0.5) is 11.5 Å². The van der Waals surface area contributed by atoms with Crippen molar-refractivity contribution in [3.8, 4) is 23.0 Å². The Balaban J connectivity index is 1.57. The molecule has 4 heterocycles. The Labute approximate surface area is 183 Å². The van der Waals surface area contributed by atoms with Crippen LogP contribution >= 0.6 is 0 Å². The number of nitrogens with zero attached hydrogens (tertiary/aromatic N) is 7. The molecule has 0 aliphatic carbocycles. The maximum absolute atomic E-state index is 11.6. The summed E-state index contributed by atoms with van der Waals surface area (Å²) >= 11 is 0. The van der Waals surface area contributed by atoms with E-state index in [1.54, 1.807) is 24.5 Å². The Morgan fingerprint density at radius 2 is 1.94 bits per heavy atom. The van der Waals surface area contributed by atoms with Crippen LogP contribution in [-0.4, -0.2) is 62.6 Å². The minimum absolute atomic E-state index is 0.0262. The van der Waals surface area contributed by atoms with Crippen LogP contribution in [0.15, 0.2) is 43.0 Å². The third-order valence-corrected chi connectivity index (χ3v) is 6.83. The van der Waals surface area contributed by atoms with Gasteiger partial charge in [-0.1, -0.05) is 6.07 Å². The third kappa shape index (κ3) is 4.13. The van der Waals surface area contributed by atoms with E-state index in [4.69, 9.17) is 5.73 Å². The van der Waals surface area contributed by atoms with Crippen molar-refractivity contribution in [1.82, 2.24) is 24.6 Å². The molecule has 1 fully saturated rings. The molecule has 1 aliphatic heterocycles. The van der Waals surface area contributed by atoms with Crippen molar-refractivity contribution in [2.24, 2.45) is 0 Å². The van der Waals surface area contributed by atoms with Gasteiger partial charge in [0.2, 0.25) is 5.82 Å².